The zero-order valence-electron chi connectivity index (χ0n) is 62.8. The van der Waals surface area contributed by atoms with Gasteiger partial charge >= 0.3 is 5.20 Å². The van der Waals surface area contributed by atoms with Gasteiger partial charge in [0.05, 0.1) is 32.5 Å². The number of hydrogen-bond acceptors (Lipinski definition) is 24. The van der Waals surface area contributed by atoms with Gasteiger partial charge in [0.2, 0.25) is 11.1 Å². The van der Waals surface area contributed by atoms with Crippen molar-refractivity contribution in [3.63, 3.8) is 0 Å². The van der Waals surface area contributed by atoms with E-state index in [4.69, 9.17) is 103 Å². The van der Waals surface area contributed by atoms with Gasteiger partial charge < -0.3 is 74.6 Å². The van der Waals surface area contributed by atoms with Gasteiger partial charge in [0.25, 0.3) is 26.8 Å². The highest BCUT2D eigenvalue weighted by Gasteiger charge is 2.23. The van der Waals surface area contributed by atoms with Gasteiger partial charge in [-0.15, -0.1) is 12.4 Å². The van der Waals surface area contributed by atoms with Crippen molar-refractivity contribution in [3.05, 3.63) is 200 Å². The first-order valence-electron chi connectivity index (χ1n) is 34.0. The fourth-order valence-electron chi connectivity index (χ4n) is 10.7. The number of halogens is 11. The number of nitrogen functional groups attached to an aromatic ring is 1. The number of benzene rings is 6. The number of rotatable bonds is 3. The van der Waals surface area contributed by atoms with Gasteiger partial charge in [-0.3, -0.25) is 33.1 Å². The average Bonchev–Trinajstić information content (AvgIpc) is 1.60. The van der Waals surface area contributed by atoms with E-state index in [1.54, 1.807) is 99.6 Å². The van der Waals surface area contributed by atoms with Gasteiger partial charge in [-0.25, -0.2) is 24.9 Å². The second-order valence-electron chi connectivity index (χ2n) is 24.8. The number of aromatic hydroxyl groups is 2. The van der Waals surface area contributed by atoms with Gasteiger partial charge in [0.1, 0.15) is 16.9 Å². The molecule has 14 aromatic rings. The van der Waals surface area contributed by atoms with Gasteiger partial charge in [0.15, 0.2) is 67.9 Å². The average molecular weight is 1850 g/mol. The Morgan fingerprint density at radius 3 is 1.37 bits per heavy atom. The lowest BCUT2D eigenvalue weighted by atomic mass is 10.2. The third-order valence-electron chi connectivity index (χ3n) is 15.8. The summed E-state index contributed by atoms with van der Waals surface area (Å²) in [4.78, 5) is 91.1. The highest BCUT2D eigenvalue weighted by atomic mass is 36.0. The van der Waals surface area contributed by atoms with Crippen LogP contribution in [0.25, 0.3) is 87.8 Å². The molecule has 1 amide bonds. The molecule has 116 heavy (non-hydrogen) atoms. The smallest absolute Gasteiger partial charge is 0.339 e. The Morgan fingerprint density at radius 1 is 0.552 bits per heavy atom. The number of nitrogens with one attached hydrogen (secondary N) is 5. The Morgan fingerprint density at radius 2 is 0.922 bits per heavy atom. The molecule has 29 nitrogen and oxygen atoms in total. The van der Waals surface area contributed by atoms with Crippen LogP contribution >= 0.6 is 133 Å². The summed E-state index contributed by atoms with van der Waals surface area (Å²) in [6.45, 7) is 20.3. The van der Waals surface area contributed by atoms with Crippen LogP contribution in [0.4, 0.5) is 17.2 Å². The number of H-pyrrole nitrogens is 3. The number of fused-ring (bicyclic) bond motifs is 11. The molecule has 6 aromatic carbocycles. The van der Waals surface area contributed by atoms with Crippen LogP contribution in [0.3, 0.4) is 0 Å². The van der Waals surface area contributed by atoms with E-state index in [1.165, 1.54) is 45.1 Å². The molecule has 2 fully saturated rings. The lowest BCUT2D eigenvalue weighted by molar-refractivity contribution is -0.114. The van der Waals surface area contributed by atoms with E-state index in [9.17, 15) is 47.2 Å². The Balaban J connectivity index is 0.000000208. The number of hydrogen-bond donors (Lipinski definition) is 10. The molecule has 0 saturated carbocycles. The summed E-state index contributed by atoms with van der Waals surface area (Å²) < 4.78 is 55.9. The maximum absolute atomic E-state index is 11.7. The SMILES string of the molecule is CC(=O)Cl.CC(=O)Nc1c(O)c2cc(Cl)ccc2[nH]c1=O.CCO.CN1CCNCC1.Cc1ccc(S(=O)(=O)O)cc1.Cc1nc2c(=O)[nH]c3ccc(Cl)cc3c2o1.Cc1nc2c(Cl)nc3ccc(Cl)cc3c2o1.Cc1nc2c(N3CCN(C)CC3)nc3ccc(Cl)cc3c2o1.Cl.Nc1c(O)c2cc(Cl)ccc2[nH]c1=O.O=P(Cl)(Cl)Cl. The molecule has 8 aromatic heterocycles. The number of nitrogens with two attached hydrogens (primary N) is 1. The van der Waals surface area contributed by atoms with Crippen LogP contribution in [0.15, 0.2) is 148 Å². The number of carbonyl (C=O) groups excluding carboxylic acids is 2. The van der Waals surface area contributed by atoms with E-state index in [2.05, 4.69) is 120 Å². The summed E-state index contributed by atoms with van der Waals surface area (Å²) in [5, 5.41) is 35.5. The third kappa shape index (κ3) is 28.2. The number of carbonyl (C=O) groups is 2. The van der Waals surface area contributed by atoms with Crippen molar-refractivity contribution in [1.29, 1.82) is 0 Å². The number of anilines is 3. The second kappa shape index (κ2) is 43.9. The fraction of sp³-hybridized carbons (Fsp3) is 0.243. The Bertz CT molecular complexity index is 6170. The van der Waals surface area contributed by atoms with Gasteiger partial charge in [-0.05, 0) is 176 Å². The van der Waals surface area contributed by atoms with Crippen LogP contribution in [0.2, 0.25) is 30.3 Å². The van der Waals surface area contributed by atoms with Gasteiger partial charge in [0, 0.05) is 146 Å². The highest BCUT2D eigenvalue weighted by Crippen LogP contribution is 2.61. The lowest BCUT2D eigenvalue weighted by Gasteiger charge is -2.33. The number of aromatic nitrogens is 8. The number of likely N-dealkylation sites (N-methyl/N-ethyl adjacent to an activating group) is 2. The standard InChI is InChI=1S/C16H17ClN4O.C11H6Cl2N2O.C11H9ClN2O3.C11H7ClN2O2.C9H7ClN2O2.C7H8O3S.C5H12N2.C2H3ClO.C2H6O.Cl3OP.ClH/c1-10-18-14-15(22-10)12-9-11(17)3-4-13(12)19-16(14)21-7-5-20(2)6-8-21;1-5-14-9-10(16-5)7-4-6(12)2-3-8(7)15-11(9)13;1-5(15)13-9-10(16)7-4-6(12)2-3-8(7)14-11(9)17;1-5-13-9-10(16-5)7-4-6(12)2-3-8(7)14-11(9)15;10-4-1-2-6-5(3-4)8(13)7(11)9(14)12-6;1-6-2-4-7(5-3-6)11(8,9)10;1-7-4-2-6-3-5-7;1-2(3)4;1-2-3;1-5(2,3)4;/h3-4,9H,5-8H2,1-2H3;2-4H,1H3;2-4H,1H3,(H,13,15)(H2,14,16,17);2-4H,1H3,(H,14,15);1-3H,11H2,(H2,12,13,14);2-5H,1H3,(H,8,9,10);6H,2-5H2,1H3;1H3;3H,2H2,1H3;;1H. The van der Waals surface area contributed by atoms with E-state index in [0.29, 0.717) is 97.5 Å². The number of oxazole rings is 3. The summed E-state index contributed by atoms with van der Waals surface area (Å²) in [6.07, 6.45) is 0. The largest absolute Gasteiger partial charge is 0.505 e. The van der Waals surface area contributed by atoms with Crippen LogP contribution in [-0.4, -0.2) is 162 Å². The minimum Gasteiger partial charge on any atom is -0.505 e. The number of aryl methyl sites for hydroxylation is 4. The zero-order chi connectivity index (χ0) is 85.1. The monoisotopic (exact) mass is 1850 g/mol. The molecule has 42 heteroatoms. The fourth-order valence-corrected chi connectivity index (χ4v) is 12.3. The summed E-state index contributed by atoms with van der Waals surface area (Å²) in [7, 11) is 0.276. The van der Waals surface area contributed by atoms with E-state index in [1.807, 2.05) is 32.0 Å². The molecule has 0 aliphatic carbocycles. The molecule has 0 spiro atoms. The van der Waals surface area contributed by atoms with Crippen molar-refractivity contribution in [2.45, 2.75) is 53.4 Å². The predicted molar refractivity (Wildman–Crippen MR) is 469 cm³/mol. The van der Waals surface area contributed by atoms with Crippen molar-refractivity contribution >= 4 is 259 Å². The van der Waals surface area contributed by atoms with Crippen LogP contribution in [0.5, 0.6) is 11.5 Å². The minimum atomic E-state index is -4.02. The minimum absolute atomic E-state index is 0. The normalized spacial score (nSPS) is 12.6. The van der Waals surface area contributed by atoms with Gasteiger partial charge in [-0.2, -0.15) is 8.42 Å². The molecule has 2 aliphatic heterocycles. The molecule has 0 radical (unpaired) electrons. The molecular weight excluding hydrogens is 1780 g/mol. The topological polar surface area (TPSA) is 429 Å². The quantitative estimate of drug-likeness (QED) is 0.0340. The van der Waals surface area contributed by atoms with E-state index >= 15 is 0 Å². The lowest BCUT2D eigenvalue weighted by Crippen LogP contribution is -2.44. The highest BCUT2D eigenvalue weighted by molar-refractivity contribution is 8.24. The maximum atomic E-state index is 11.7. The molecular formula is C74H76Cl11N14O15PS. The molecule has 620 valence electrons. The number of aliphatic hydroxyl groups excluding tert-OH is 1. The van der Waals surface area contributed by atoms with Crippen molar-refractivity contribution in [1.82, 2.24) is 55.0 Å². The van der Waals surface area contributed by atoms with E-state index < -0.39 is 32.3 Å². The first-order valence-corrected chi connectivity index (χ1v) is 42.5. The zero-order valence-corrected chi connectivity index (χ0v) is 72.9. The number of aliphatic hydroxyl groups is 1. The number of nitrogens with zero attached hydrogens (tertiary/aromatic N) is 8. The summed E-state index contributed by atoms with van der Waals surface area (Å²) >= 11 is 54.0. The number of pyridine rings is 5. The van der Waals surface area contributed by atoms with Crippen molar-refractivity contribution in [2.24, 2.45) is 0 Å². The summed E-state index contributed by atoms with van der Waals surface area (Å²) in [5.74, 6) is 1.63. The Kier molecular flexibility index (Phi) is 36.6. The van der Waals surface area contributed by atoms with Crippen LogP contribution in [0, 0.1) is 27.7 Å². The molecule has 0 bridgehead atoms. The second-order valence-corrected chi connectivity index (χ2v) is 35.9. The van der Waals surface area contributed by atoms with E-state index in [0.717, 1.165) is 88.9 Å². The molecule has 0 unspecified atom stereocenters. The van der Waals surface area contributed by atoms with Crippen LogP contribution in [0.1, 0.15) is 44.0 Å². The molecule has 16 rings (SSSR count). The first-order chi connectivity index (χ1) is 54.0. The molecule has 0 atom stereocenters. The molecule has 10 heterocycles. The summed E-state index contributed by atoms with van der Waals surface area (Å²) in [5.41, 5.74) is 11.5. The Labute approximate surface area is 717 Å². The number of aromatic amines is 3. The van der Waals surface area contributed by atoms with E-state index in [-0.39, 0.29) is 57.6 Å². The molecule has 2 aliphatic rings. The first kappa shape index (κ1) is 96.5. The number of amides is 1. The van der Waals surface area contributed by atoms with Crippen molar-refractivity contribution in [2.75, 3.05) is 89.0 Å². The Hall–Kier alpha value is -8.31. The molecule has 2 saturated heterocycles. The van der Waals surface area contributed by atoms with Crippen molar-refractivity contribution < 1.29 is 55.7 Å². The third-order valence-corrected chi connectivity index (χ3v) is 18.2. The number of piperazine rings is 2. The maximum Gasteiger partial charge on any atom is 0.339 e. The van der Waals surface area contributed by atoms with Crippen LogP contribution in [-0.2, 0) is 24.3 Å². The van der Waals surface area contributed by atoms with Crippen LogP contribution < -0.4 is 37.9 Å². The van der Waals surface area contributed by atoms with Gasteiger partial charge in [-0.1, -0.05) is 87.3 Å². The molecule has 11 N–H and O–H groups in total. The van der Waals surface area contributed by atoms with Crippen molar-refractivity contribution in [3.8, 4) is 11.5 Å². The summed E-state index contributed by atoms with van der Waals surface area (Å²) in [6, 6.07) is 31.7. The predicted octanol–water partition coefficient (Wildman–Crippen LogP) is 17.8.